The molecule has 1 amide bonds. The van der Waals surface area contributed by atoms with Crippen molar-refractivity contribution < 1.29 is 9.53 Å². The van der Waals surface area contributed by atoms with Gasteiger partial charge in [0.25, 0.3) is 0 Å². The van der Waals surface area contributed by atoms with Crippen molar-refractivity contribution in [3.8, 4) is 0 Å². The highest BCUT2D eigenvalue weighted by molar-refractivity contribution is 5.67. The Kier molecular flexibility index (Phi) is 4.80. The maximum atomic E-state index is 11.5. The zero-order valence-corrected chi connectivity index (χ0v) is 11.7. The second-order valence-corrected chi connectivity index (χ2v) is 6.27. The van der Waals surface area contributed by atoms with E-state index in [0.29, 0.717) is 12.0 Å². The lowest BCUT2D eigenvalue weighted by atomic mass is 9.80. The Morgan fingerprint density at radius 2 is 1.88 bits per heavy atom. The van der Waals surface area contributed by atoms with Gasteiger partial charge in [0.15, 0.2) is 0 Å². The molecule has 0 aromatic heterocycles. The maximum absolute atomic E-state index is 11.5. The molecule has 4 nitrogen and oxygen atoms in total. The quantitative estimate of drug-likeness (QED) is 0.732. The summed E-state index contributed by atoms with van der Waals surface area (Å²) in [6.07, 6.45) is 3.15. The van der Waals surface area contributed by atoms with Crippen LogP contribution >= 0.6 is 0 Å². The Morgan fingerprint density at radius 3 is 2.41 bits per heavy atom. The minimum absolute atomic E-state index is 0.360. The molecule has 3 atom stereocenters. The van der Waals surface area contributed by atoms with Crippen LogP contribution in [0.15, 0.2) is 0 Å². The lowest BCUT2D eigenvalue weighted by molar-refractivity contribution is 0.0469. The standard InChI is InChI=1S/C13H26N2O2/c1-9-6-7-11(10(2)8-9)14-15-12(16)17-13(3,4)5/h9-11,14H,6-8H2,1-5H3,(H,15,16). The number of hydrogen-bond donors (Lipinski definition) is 2. The second-order valence-electron chi connectivity index (χ2n) is 6.27. The van der Waals surface area contributed by atoms with E-state index in [1.54, 1.807) is 0 Å². The number of nitrogens with one attached hydrogen (secondary N) is 2. The molecule has 100 valence electrons. The molecule has 2 N–H and O–H groups in total. The number of hydrazine groups is 1. The van der Waals surface area contributed by atoms with Crippen LogP contribution in [0.3, 0.4) is 0 Å². The monoisotopic (exact) mass is 242 g/mol. The molecule has 1 rings (SSSR count). The van der Waals surface area contributed by atoms with E-state index in [2.05, 4.69) is 24.7 Å². The Morgan fingerprint density at radius 1 is 1.24 bits per heavy atom. The van der Waals surface area contributed by atoms with Crippen LogP contribution in [0.5, 0.6) is 0 Å². The van der Waals surface area contributed by atoms with Crippen LogP contribution < -0.4 is 10.9 Å². The first-order chi connectivity index (χ1) is 7.78. The van der Waals surface area contributed by atoms with Gasteiger partial charge in [-0.3, -0.25) is 5.43 Å². The van der Waals surface area contributed by atoms with Gasteiger partial charge in [-0.1, -0.05) is 13.8 Å². The van der Waals surface area contributed by atoms with E-state index in [1.807, 2.05) is 20.8 Å². The summed E-state index contributed by atoms with van der Waals surface area (Å²) < 4.78 is 5.17. The summed E-state index contributed by atoms with van der Waals surface area (Å²) in [5.41, 5.74) is 5.29. The molecule has 0 aromatic carbocycles. The third-order valence-corrected chi connectivity index (χ3v) is 3.19. The largest absolute Gasteiger partial charge is 0.443 e. The lowest BCUT2D eigenvalue weighted by Crippen LogP contribution is -2.50. The van der Waals surface area contributed by atoms with E-state index in [-0.39, 0.29) is 0 Å². The molecule has 0 aromatic rings. The summed E-state index contributed by atoms with van der Waals surface area (Å²) in [5.74, 6) is 1.39. The molecular weight excluding hydrogens is 216 g/mol. The molecule has 0 aliphatic heterocycles. The average molecular weight is 242 g/mol. The number of ether oxygens (including phenoxy) is 1. The van der Waals surface area contributed by atoms with Gasteiger partial charge in [-0.25, -0.2) is 10.2 Å². The Hall–Kier alpha value is -0.770. The van der Waals surface area contributed by atoms with Crippen LogP contribution in [0.4, 0.5) is 4.79 Å². The van der Waals surface area contributed by atoms with Gasteiger partial charge in [-0.2, -0.15) is 0 Å². The van der Waals surface area contributed by atoms with Gasteiger partial charge < -0.3 is 4.74 Å². The highest BCUT2D eigenvalue weighted by Gasteiger charge is 2.26. The van der Waals surface area contributed by atoms with Crippen molar-refractivity contribution in [2.75, 3.05) is 0 Å². The SMILES string of the molecule is CC1CCC(NNC(=O)OC(C)(C)C)C(C)C1. The van der Waals surface area contributed by atoms with Gasteiger partial charge in [-0.05, 0) is 51.9 Å². The molecule has 3 unspecified atom stereocenters. The molecule has 0 spiro atoms. The van der Waals surface area contributed by atoms with Crippen molar-refractivity contribution in [3.63, 3.8) is 0 Å². The fraction of sp³-hybridized carbons (Fsp3) is 0.923. The molecule has 0 bridgehead atoms. The second kappa shape index (κ2) is 5.71. The van der Waals surface area contributed by atoms with E-state index in [0.717, 1.165) is 12.3 Å². The summed E-state index contributed by atoms with van der Waals surface area (Å²) in [4.78, 5) is 11.5. The van der Waals surface area contributed by atoms with Crippen LogP contribution in [0.2, 0.25) is 0 Å². The maximum Gasteiger partial charge on any atom is 0.422 e. The van der Waals surface area contributed by atoms with Gasteiger partial charge in [0, 0.05) is 6.04 Å². The van der Waals surface area contributed by atoms with Gasteiger partial charge in [-0.15, -0.1) is 0 Å². The summed E-state index contributed by atoms with van der Waals surface area (Å²) in [5, 5.41) is 0. The van der Waals surface area contributed by atoms with Crippen LogP contribution in [0, 0.1) is 11.8 Å². The van der Waals surface area contributed by atoms with Gasteiger partial charge >= 0.3 is 6.09 Å². The Bertz CT molecular complexity index is 261. The van der Waals surface area contributed by atoms with Crippen LogP contribution in [-0.2, 0) is 4.74 Å². The van der Waals surface area contributed by atoms with Crippen LogP contribution in [0.1, 0.15) is 53.9 Å². The van der Waals surface area contributed by atoms with Crippen molar-refractivity contribution in [1.29, 1.82) is 0 Å². The fourth-order valence-corrected chi connectivity index (χ4v) is 2.34. The fourth-order valence-electron chi connectivity index (χ4n) is 2.34. The third-order valence-electron chi connectivity index (χ3n) is 3.19. The van der Waals surface area contributed by atoms with Crippen molar-refractivity contribution in [3.05, 3.63) is 0 Å². The van der Waals surface area contributed by atoms with E-state index >= 15 is 0 Å². The number of hydrogen-bond acceptors (Lipinski definition) is 3. The normalized spacial score (nSPS) is 29.8. The first kappa shape index (κ1) is 14.3. The van der Waals surface area contributed by atoms with Gasteiger partial charge in [0.05, 0.1) is 0 Å². The van der Waals surface area contributed by atoms with E-state index < -0.39 is 11.7 Å². The molecule has 1 aliphatic carbocycles. The molecular formula is C13H26N2O2. The summed E-state index contributed by atoms with van der Waals surface area (Å²) >= 11 is 0. The lowest BCUT2D eigenvalue weighted by Gasteiger charge is -2.33. The topological polar surface area (TPSA) is 50.4 Å². The number of rotatable bonds is 2. The van der Waals surface area contributed by atoms with Crippen molar-refractivity contribution in [2.45, 2.75) is 65.5 Å². The molecule has 1 aliphatic rings. The molecule has 0 radical (unpaired) electrons. The summed E-state index contributed by atoms with van der Waals surface area (Å²) in [6.45, 7) is 10.1. The third kappa shape index (κ3) is 5.39. The summed E-state index contributed by atoms with van der Waals surface area (Å²) in [6, 6.07) is 0.360. The average Bonchev–Trinajstić information content (AvgIpc) is 2.13. The first-order valence-electron chi connectivity index (χ1n) is 6.52. The zero-order chi connectivity index (χ0) is 13.1. The minimum atomic E-state index is -0.446. The highest BCUT2D eigenvalue weighted by Crippen LogP contribution is 2.28. The zero-order valence-electron chi connectivity index (χ0n) is 11.7. The Labute approximate surface area is 104 Å². The number of amides is 1. The smallest absolute Gasteiger partial charge is 0.422 e. The molecule has 1 fully saturated rings. The highest BCUT2D eigenvalue weighted by atomic mass is 16.6. The number of carbonyl (C=O) groups is 1. The van der Waals surface area contributed by atoms with E-state index in [1.165, 1.54) is 12.8 Å². The van der Waals surface area contributed by atoms with Crippen LogP contribution in [-0.4, -0.2) is 17.7 Å². The van der Waals surface area contributed by atoms with Gasteiger partial charge in [0.2, 0.25) is 0 Å². The molecule has 4 heteroatoms. The first-order valence-corrected chi connectivity index (χ1v) is 6.52. The minimum Gasteiger partial charge on any atom is -0.443 e. The number of carbonyl (C=O) groups excluding carboxylic acids is 1. The predicted octanol–water partition coefficient (Wildman–Crippen LogP) is 2.84. The van der Waals surface area contributed by atoms with Crippen molar-refractivity contribution >= 4 is 6.09 Å². The van der Waals surface area contributed by atoms with Crippen molar-refractivity contribution in [2.24, 2.45) is 11.8 Å². The molecule has 0 heterocycles. The van der Waals surface area contributed by atoms with E-state index in [9.17, 15) is 4.79 Å². The predicted molar refractivity (Wildman–Crippen MR) is 68.5 cm³/mol. The molecule has 1 saturated carbocycles. The molecule has 0 saturated heterocycles. The van der Waals surface area contributed by atoms with E-state index in [4.69, 9.17) is 4.74 Å². The van der Waals surface area contributed by atoms with Gasteiger partial charge in [0.1, 0.15) is 5.60 Å². The Balaban J connectivity index is 2.28. The van der Waals surface area contributed by atoms with Crippen molar-refractivity contribution in [1.82, 2.24) is 10.9 Å². The molecule has 17 heavy (non-hydrogen) atoms. The van der Waals surface area contributed by atoms with Crippen LogP contribution in [0.25, 0.3) is 0 Å². The summed E-state index contributed by atoms with van der Waals surface area (Å²) in [7, 11) is 0.